The van der Waals surface area contributed by atoms with Crippen LogP contribution in [-0.4, -0.2) is 18.2 Å². The van der Waals surface area contributed by atoms with Crippen LogP contribution in [0.15, 0.2) is 18.2 Å². The van der Waals surface area contributed by atoms with Crippen molar-refractivity contribution in [2.75, 3.05) is 7.11 Å². The number of ether oxygens (including phenoxy) is 2. The SMILES string of the molecule is COCc1cccc(COC2CC2)n1. The second-order valence-corrected chi connectivity index (χ2v) is 3.56. The molecule has 0 amide bonds. The highest BCUT2D eigenvalue weighted by Crippen LogP contribution is 2.24. The number of nitrogens with zero attached hydrogens (tertiary/aromatic N) is 1. The van der Waals surface area contributed by atoms with E-state index in [-0.39, 0.29) is 0 Å². The average molecular weight is 193 g/mol. The van der Waals surface area contributed by atoms with Crippen molar-refractivity contribution in [2.24, 2.45) is 0 Å². The zero-order valence-electron chi connectivity index (χ0n) is 8.40. The standard InChI is InChI=1S/C11H15NO2/c1-13-7-9-3-2-4-10(12-9)8-14-11-5-6-11/h2-4,11H,5-8H2,1H3. The molecule has 1 saturated carbocycles. The zero-order valence-corrected chi connectivity index (χ0v) is 8.40. The second-order valence-electron chi connectivity index (χ2n) is 3.56. The van der Waals surface area contributed by atoms with Gasteiger partial charge in [0.05, 0.1) is 30.7 Å². The molecule has 0 radical (unpaired) electrons. The predicted octanol–water partition coefficient (Wildman–Crippen LogP) is 1.91. The van der Waals surface area contributed by atoms with Gasteiger partial charge in [0.1, 0.15) is 0 Å². The molecule has 3 heteroatoms. The molecule has 0 saturated heterocycles. The Balaban J connectivity index is 1.90. The molecule has 76 valence electrons. The summed E-state index contributed by atoms with van der Waals surface area (Å²) in [4.78, 5) is 4.41. The van der Waals surface area contributed by atoms with Gasteiger partial charge >= 0.3 is 0 Å². The van der Waals surface area contributed by atoms with E-state index in [0.29, 0.717) is 19.3 Å². The summed E-state index contributed by atoms with van der Waals surface area (Å²) in [5.41, 5.74) is 1.95. The third-order valence-electron chi connectivity index (χ3n) is 2.15. The summed E-state index contributed by atoms with van der Waals surface area (Å²) in [5.74, 6) is 0. The highest BCUT2D eigenvalue weighted by molar-refractivity contribution is 5.10. The molecule has 1 aromatic heterocycles. The zero-order chi connectivity index (χ0) is 9.80. The lowest BCUT2D eigenvalue weighted by Gasteiger charge is -2.04. The maximum Gasteiger partial charge on any atom is 0.0891 e. The minimum absolute atomic E-state index is 0.489. The average Bonchev–Trinajstić information content (AvgIpc) is 2.99. The Labute approximate surface area is 84.1 Å². The molecule has 1 heterocycles. The largest absolute Gasteiger partial charge is 0.378 e. The Morgan fingerprint density at radius 2 is 2.00 bits per heavy atom. The summed E-state index contributed by atoms with van der Waals surface area (Å²) in [6.45, 7) is 1.19. The number of hydrogen-bond donors (Lipinski definition) is 0. The minimum Gasteiger partial charge on any atom is -0.378 e. The summed E-state index contributed by atoms with van der Waals surface area (Å²) in [6, 6.07) is 5.94. The van der Waals surface area contributed by atoms with Crippen LogP contribution in [0.25, 0.3) is 0 Å². The third-order valence-corrected chi connectivity index (χ3v) is 2.15. The van der Waals surface area contributed by atoms with Crippen LogP contribution in [0.3, 0.4) is 0 Å². The van der Waals surface area contributed by atoms with Crippen LogP contribution < -0.4 is 0 Å². The van der Waals surface area contributed by atoms with Gasteiger partial charge in [-0.25, -0.2) is 0 Å². The first-order valence-electron chi connectivity index (χ1n) is 4.94. The van der Waals surface area contributed by atoms with E-state index < -0.39 is 0 Å². The number of aromatic nitrogens is 1. The third kappa shape index (κ3) is 2.79. The number of rotatable bonds is 5. The molecule has 0 N–H and O–H groups in total. The molecule has 1 aromatic rings. The Morgan fingerprint density at radius 1 is 1.29 bits per heavy atom. The lowest BCUT2D eigenvalue weighted by Crippen LogP contribution is -2.00. The lowest BCUT2D eigenvalue weighted by atomic mass is 10.3. The highest BCUT2D eigenvalue weighted by atomic mass is 16.5. The molecular weight excluding hydrogens is 178 g/mol. The van der Waals surface area contributed by atoms with Crippen LogP contribution in [0.1, 0.15) is 24.2 Å². The van der Waals surface area contributed by atoms with Crippen molar-refractivity contribution in [3.8, 4) is 0 Å². The van der Waals surface area contributed by atoms with Gasteiger partial charge in [0.2, 0.25) is 0 Å². The molecule has 14 heavy (non-hydrogen) atoms. The van der Waals surface area contributed by atoms with E-state index in [0.717, 1.165) is 11.4 Å². The Hall–Kier alpha value is -0.930. The smallest absolute Gasteiger partial charge is 0.0891 e. The fourth-order valence-electron chi connectivity index (χ4n) is 1.28. The normalized spacial score (nSPS) is 15.8. The lowest BCUT2D eigenvalue weighted by molar-refractivity contribution is 0.103. The van der Waals surface area contributed by atoms with Gasteiger partial charge in [-0.05, 0) is 25.0 Å². The molecule has 1 aliphatic carbocycles. The fourth-order valence-corrected chi connectivity index (χ4v) is 1.28. The number of methoxy groups -OCH3 is 1. The molecule has 0 aliphatic heterocycles. The van der Waals surface area contributed by atoms with E-state index in [1.807, 2.05) is 18.2 Å². The first-order chi connectivity index (χ1) is 6.88. The van der Waals surface area contributed by atoms with Gasteiger partial charge in [-0.2, -0.15) is 0 Å². The van der Waals surface area contributed by atoms with Gasteiger partial charge in [-0.15, -0.1) is 0 Å². The Kier molecular flexibility index (Phi) is 3.11. The molecule has 1 aliphatic rings. The van der Waals surface area contributed by atoms with Crippen molar-refractivity contribution in [2.45, 2.75) is 32.2 Å². The number of pyridine rings is 1. The summed E-state index contributed by atoms with van der Waals surface area (Å²) in [6.07, 6.45) is 2.90. The van der Waals surface area contributed by atoms with Crippen LogP contribution in [0.4, 0.5) is 0 Å². The van der Waals surface area contributed by atoms with Gasteiger partial charge in [0, 0.05) is 7.11 Å². The van der Waals surface area contributed by atoms with Gasteiger partial charge in [0.15, 0.2) is 0 Å². The van der Waals surface area contributed by atoms with Crippen LogP contribution in [-0.2, 0) is 22.7 Å². The molecule has 0 aromatic carbocycles. The molecule has 0 unspecified atom stereocenters. The summed E-state index contributed by atoms with van der Waals surface area (Å²) in [5, 5.41) is 0. The maximum absolute atomic E-state index is 5.57. The van der Waals surface area contributed by atoms with Gasteiger partial charge < -0.3 is 9.47 Å². The van der Waals surface area contributed by atoms with E-state index >= 15 is 0 Å². The van der Waals surface area contributed by atoms with Gasteiger partial charge in [-0.3, -0.25) is 4.98 Å². The molecule has 1 fully saturated rings. The van der Waals surface area contributed by atoms with Crippen molar-refractivity contribution in [3.63, 3.8) is 0 Å². The van der Waals surface area contributed by atoms with E-state index in [9.17, 15) is 0 Å². The maximum atomic E-state index is 5.57. The molecule has 2 rings (SSSR count). The van der Waals surface area contributed by atoms with Crippen molar-refractivity contribution < 1.29 is 9.47 Å². The first kappa shape index (κ1) is 9.62. The van der Waals surface area contributed by atoms with Crippen molar-refractivity contribution in [3.05, 3.63) is 29.6 Å². The summed E-state index contributed by atoms with van der Waals surface area (Å²) < 4.78 is 10.6. The predicted molar refractivity (Wildman–Crippen MR) is 52.8 cm³/mol. The molecular formula is C11H15NO2. The quantitative estimate of drug-likeness (QED) is 0.715. The second kappa shape index (κ2) is 4.53. The first-order valence-corrected chi connectivity index (χ1v) is 4.94. The van der Waals surface area contributed by atoms with E-state index in [4.69, 9.17) is 9.47 Å². The van der Waals surface area contributed by atoms with Crippen LogP contribution in [0, 0.1) is 0 Å². The molecule has 3 nitrogen and oxygen atoms in total. The van der Waals surface area contributed by atoms with Crippen molar-refractivity contribution in [1.29, 1.82) is 0 Å². The Morgan fingerprint density at radius 3 is 2.64 bits per heavy atom. The monoisotopic (exact) mass is 193 g/mol. The molecule has 0 bridgehead atoms. The molecule has 0 atom stereocenters. The van der Waals surface area contributed by atoms with Gasteiger partial charge in [-0.1, -0.05) is 6.07 Å². The number of hydrogen-bond acceptors (Lipinski definition) is 3. The van der Waals surface area contributed by atoms with Crippen LogP contribution >= 0.6 is 0 Å². The minimum atomic E-state index is 0.489. The fraction of sp³-hybridized carbons (Fsp3) is 0.545. The van der Waals surface area contributed by atoms with E-state index in [1.165, 1.54) is 12.8 Å². The summed E-state index contributed by atoms with van der Waals surface area (Å²) >= 11 is 0. The van der Waals surface area contributed by atoms with Crippen LogP contribution in [0.2, 0.25) is 0 Å². The summed E-state index contributed by atoms with van der Waals surface area (Å²) in [7, 11) is 1.68. The van der Waals surface area contributed by atoms with E-state index in [2.05, 4.69) is 4.98 Å². The van der Waals surface area contributed by atoms with Crippen molar-refractivity contribution >= 4 is 0 Å². The van der Waals surface area contributed by atoms with E-state index in [1.54, 1.807) is 7.11 Å². The molecule has 0 spiro atoms. The van der Waals surface area contributed by atoms with Gasteiger partial charge in [0.25, 0.3) is 0 Å². The Bertz CT molecular complexity index is 297. The van der Waals surface area contributed by atoms with Crippen LogP contribution in [0.5, 0.6) is 0 Å². The topological polar surface area (TPSA) is 31.4 Å². The highest BCUT2D eigenvalue weighted by Gasteiger charge is 2.21. The van der Waals surface area contributed by atoms with Crippen molar-refractivity contribution in [1.82, 2.24) is 4.98 Å².